The number of aryl methyl sites for hydroxylation is 1. The Morgan fingerprint density at radius 2 is 1.69 bits per heavy atom. The third kappa shape index (κ3) is 5.02. The van der Waals surface area contributed by atoms with Crippen LogP contribution in [0.15, 0.2) is 60.7 Å². The lowest BCUT2D eigenvalue weighted by Crippen LogP contribution is -2.45. The van der Waals surface area contributed by atoms with Crippen molar-refractivity contribution in [3.8, 4) is 0 Å². The number of benzene rings is 2. The molecule has 1 fully saturated rings. The Hall–Kier alpha value is -3.15. The summed E-state index contributed by atoms with van der Waals surface area (Å²) in [5, 5.41) is 5.58. The largest absolute Gasteiger partial charge is 0.354 e. The van der Waals surface area contributed by atoms with E-state index in [-0.39, 0.29) is 24.3 Å². The van der Waals surface area contributed by atoms with Crippen LogP contribution >= 0.6 is 0 Å². The van der Waals surface area contributed by atoms with Gasteiger partial charge in [0.25, 0.3) is 5.91 Å². The van der Waals surface area contributed by atoms with Crippen molar-refractivity contribution in [3.63, 3.8) is 0 Å². The van der Waals surface area contributed by atoms with Crippen molar-refractivity contribution < 1.29 is 14.4 Å². The number of imide groups is 1. The van der Waals surface area contributed by atoms with Crippen LogP contribution in [0.2, 0.25) is 0 Å². The molecular weight excluding hydrogens is 366 g/mol. The molecule has 0 spiro atoms. The molecule has 2 aromatic rings. The molecule has 1 aliphatic rings. The summed E-state index contributed by atoms with van der Waals surface area (Å²) in [7, 11) is 0. The van der Waals surface area contributed by atoms with E-state index in [0.717, 1.165) is 16.0 Å². The van der Waals surface area contributed by atoms with E-state index in [1.54, 1.807) is 6.92 Å². The van der Waals surface area contributed by atoms with Crippen LogP contribution in [-0.4, -0.2) is 41.4 Å². The topological polar surface area (TPSA) is 78.5 Å². The van der Waals surface area contributed by atoms with Gasteiger partial charge in [-0.25, -0.2) is 4.79 Å². The zero-order valence-corrected chi connectivity index (χ0v) is 16.9. The monoisotopic (exact) mass is 393 g/mol. The number of nitrogens with one attached hydrogen (secondary N) is 2. The molecule has 0 bridgehead atoms. The van der Waals surface area contributed by atoms with Crippen molar-refractivity contribution in [2.24, 2.45) is 0 Å². The molecular formula is C23H27N3O3. The molecule has 0 aromatic heterocycles. The van der Waals surface area contributed by atoms with Gasteiger partial charge in [0.15, 0.2) is 0 Å². The summed E-state index contributed by atoms with van der Waals surface area (Å²) in [6.07, 6.45) is 1.14. The van der Waals surface area contributed by atoms with Gasteiger partial charge >= 0.3 is 6.03 Å². The number of carbonyl (C=O) groups is 3. The molecule has 2 aromatic carbocycles. The SMILES string of the molecule is C[C@@H](CNC(=O)CN1C(=O)N[C@@](C)(CCc2ccccc2)C1=O)c1ccccc1. The smallest absolute Gasteiger partial charge is 0.325 e. The van der Waals surface area contributed by atoms with Gasteiger partial charge in [0.2, 0.25) is 5.91 Å². The van der Waals surface area contributed by atoms with E-state index in [1.807, 2.05) is 67.6 Å². The number of hydrogen-bond donors (Lipinski definition) is 2. The first-order valence-electron chi connectivity index (χ1n) is 9.89. The Bertz CT molecular complexity index is 869. The van der Waals surface area contributed by atoms with Gasteiger partial charge in [-0.3, -0.25) is 14.5 Å². The van der Waals surface area contributed by atoms with E-state index in [4.69, 9.17) is 0 Å². The van der Waals surface area contributed by atoms with E-state index in [1.165, 1.54) is 0 Å². The number of rotatable bonds is 8. The van der Waals surface area contributed by atoms with Crippen LogP contribution in [0.5, 0.6) is 0 Å². The van der Waals surface area contributed by atoms with Gasteiger partial charge in [-0.15, -0.1) is 0 Å². The molecule has 4 amide bonds. The highest BCUT2D eigenvalue weighted by atomic mass is 16.2. The quantitative estimate of drug-likeness (QED) is 0.677. The lowest BCUT2D eigenvalue weighted by atomic mass is 9.93. The summed E-state index contributed by atoms with van der Waals surface area (Å²) in [6, 6.07) is 19.2. The molecule has 0 unspecified atom stereocenters. The van der Waals surface area contributed by atoms with Crippen LogP contribution in [0.1, 0.15) is 37.3 Å². The fraction of sp³-hybridized carbons (Fsp3) is 0.348. The fourth-order valence-corrected chi connectivity index (χ4v) is 3.46. The van der Waals surface area contributed by atoms with Gasteiger partial charge in [0.05, 0.1) is 0 Å². The number of hydrogen-bond acceptors (Lipinski definition) is 3. The van der Waals surface area contributed by atoms with Crippen molar-refractivity contribution in [2.45, 2.75) is 38.1 Å². The van der Waals surface area contributed by atoms with Crippen LogP contribution in [0.3, 0.4) is 0 Å². The summed E-state index contributed by atoms with van der Waals surface area (Å²) in [5.74, 6) is -0.562. The van der Waals surface area contributed by atoms with Crippen molar-refractivity contribution in [1.29, 1.82) is 0 Å². The third-order valence-electron chi connectivity index (χ3n) is 5.38. The zero-order valence-electron chi connectivity index (χ0n) is 16.9. The van der Waals surface area contributed by atoms with Gasteiger partial charge in [0.1, 0.15) is 12.1 Å². The highest BCUT2D eigenvalue weighted by Crippen LogP contribution is 2.23. The van der Waals surface area contributed by atoms with E-state index in [2.05, 4.69) is 10.6 Å². The molecule has 1 saturated heterocycles. The molecule has 1 aliphatic heterocycles. The van der Waals surface area contributed by atoms with Crippen molar-refractivity contribution in [2.75, 3.05) is 13.1 Å². The second-order valence-corrected chi connectivity index (χ2v) is 7.75. The number of nitrogens with zero attached hydrogens (tertiary/aromatic N) is 1. The second-order valence-electron chi connectivity index (χ2n) is 7.75. The Morgan fingerprint density at radius 3 is 2.34 bits per heavy atom. The average molecular weight is 393 g/mol. The van der Waals surface area contributed by atoms with Crippen LogP contribution in [0.25, 0.3) is 0 Å². The molecule has 2 atom stereocenters. The molecule has 0 aliphatic carbocycles. The summed E-state index contributed by atoms with van der Waals surface area (Å²) in [4.78, 5) is 38.5. The lowest BCUT2D eigenvalue weighted by Gasteiger charge is -2.21. The molecule has 0 saturated carbocycles. The standard InChI is InChI=1S/C23H27N3O3/c1-17(19-11-7-4-8-12-19)15-24-20(27)16-26-21(28)23(2,25-22(26)29)14-13-18-9-5-3-6-10-18/h3-12,17H,13-16H2,1-2H3,(H,24,27)(H,25,29)/t17-,23-/m0/s1. The third-order valence-corrected chi connectivity index (χ3v) is 5.38. The zero-order chi connectivity index (χ0) is 20.9. The minimum absolute atomic E-state index is 0.138. The molecule has 29 heavy (non-hydrogen) atoms. The van der Waals surface area contributed by atoms with Gasteiger partial charge in [-0.05, 0) is 36.8 Å². The van der Waals surface area contributed by atoms with Gasteiger partial charge in [-0.2, -0.15) is 0 Å². The molecule has 152 valence electrons. The lowest BCUT2D eigenvalue weighted by molar-refractivity contribution is -0.134. The Kier molecular flexibility index (Phi) is 6.32. The van der Waals surface area contributed by atoms with Gasteiger partial charge in [0, 0.05) is 6.54 Å². The van der Waals surface area contributed by atoms with Crippen molar-refractivity contribution >= 4 is 17.8 Å². The fourth-order valence-electron chi connectivity index (χ4n) is 3.46. The van der Waals surface area contributed by atoms with Crippen molar-refractivity contribution in [3.05, 3.63) is 71.8 Å². The van der Waals surface area contributed by atoms with E-state index in [0.29, 0.717) is 19.4 Å². The molecule has 1 heterocycles. The molecule has 3 rings (SSSR count). The summed E-state index contributed by atoms with van der Waals surface area (Å²) in [5.41, 5.74) is 1.23. The molecule has 6 nitrogen and oxygen atoms in total. The highest BCUT2D eigenvalue weighted by molar-refractivity contribution is 6.08. The normalized spacial score (nSPS) is 19.7. The first-order chi connectivity index (χ1) is 13.9. The van der Waals surface area contributed by atoms with Crippen LogP contribution in [-0.2, 0) is 16.0 Å². The van der Waals surface area contributed by atoms with Crippen molar-refractivity contribution in [1.82, 2.24) is 15.5 Å². The Morgan fingerprint density at radius 1 is 1.07 bits per heavy atom. The summed E-state index contributed by atoms with van der Waals surface area (Å²) in [6.45, 7) is 3.90. The second kappa shape index (κ2) is 8.90. The first kappa shape index (κ1) is 20.6. The van der Waals surface area contributed by atoms with Crippen LogP contribution in [0, 0.1) is 0 Å². The number of amides is 4. The predicted octanol–water partition coefficient (Wildman–Crippen LogP) is 2.85. The van der Waals surface area contributed by atoms with E-state index >= 15 is 0 Å². The molecule has 2 N–H and O–H groups in total. The molecule has 0 radical (unpaired) electrons. The summed E-state index contributed by atoms with van der Waals surface area (Å²) >= 11 is 0. The van der Waals surface area contributed by atoms with Gasteiger partial charge in [-0.1, -0.05) is 67.6 Å². The highest BCUT2D eigenvalue weighted by Gasteiger charge is 2.47. The maximum atomic E-state index is 12.8. The maximum absolute atomic E-state index is 12.8. The summed E-state index contributed by atoms with van der Waals surface area (Å²) < 4.78 is 0. The van der Waals surface area contributed by atoms with E-state index < -0.39 is 11.6 Å². The van der Waals surface area contributed by atoms with Crippen LogP contribution in [0.4, 0.5) is 4.79 Å². The Labute approximate surface area is 171 Å². The predicted molar refractivity (Wildman–Crippen MR) is 111 cm³/mol. The minimum Gasteiger partial charge on any atom is -0.354 e. The van der Waals surface area contributed by atoms with Crippen LogP contribution < -0.4 is 10.6 Å². The van der Waals surface area contributed by atoms with Gasteiger partial charge < -0.3 is 10.6 Å². The first-order valence-corrected chi connectivity index (χ1v) is 9.89. The Balaban J connectivity index is 1.53. The molecule has 6 heteroatoms. The minimum atomic E-state index is -0.996. The number of urea groups is 1. The number of carbonyl (C=O) groups excluding carboxylic acids is 3. The van der Waals surface area contributed by atoms with E-state index in [9.17, 15) is 14.4 Å². The average Bonchev–Trinajstić information content (AvgIpc) is 2.95. The maximum Gasteiger partial charge on any atom is 0.325 e.